The van der Waals surface area contributed by atoms with Crippen molar-refractivity contribution < 1.29 is 4.79 Å². The molecule has 0 amide bonds. The standard InChI is InChI=1S/C11H18O/c1-7-5-6-8(2)10(4)11(12)9(7)3/h5-10H,1-4H3/t7-,8+,9+,10-. The Labute approximate surface area is 74.9 Å². The molecule has 0 unspecified atom stereocenters. The molecule has 1 aliphatic carbocycles. The average Bonchev–Trinajstić information content (AvgIpc) is 2.14. The van der Waals surface area contributed by atoms with Gasteiger partial charge in [-0.2, -0.15) is 0 Å². The van der Waals surface area contributed by atoms with Crippen molar-refractivity contribution in [2.75, 3.05) is 0 Å². The number of carbonyl (C=O) groups is 1. The van der Waals surface area contributed by atoms with Gasteiger partial charge in [-0.25, -0.2) is 0 Å². The molecule has 0 fully saturated rings. The number of Topliss-reactive ketones (excluding diaryl/α,β-unsaturated/α-hetero) is 1. The molecule has 0 radical (unpaired) electrons. The zero-order valence-corrected chi connectivity index (χ0v) is 8.37. The minimum atomic E-state index is 0.196. The van der Waals surface area contributed by atoms with Crippen LogP contribution in [-0.2, 0) is 4.79 Å². The predicted octanol–water partition coefficient (Wildman–Crippen LogP) is 2.67. The van der Waals surface area contributed by atoms with Gasteiger partial charge in [-0.15, -0.1) is 0 Å². The van der Waals surface area contributed by atoms with Crippen LogP contribution in [0.5, 0.6) is 0 Å². The van der Waals surface area contributed by atoms with Crippen LogP contribution in [0.2, 0.25) is 0 Å². The Balaban J connectivity index is 2.87. The van der Waals surface area contributed by atoms with Crippen molar-refractivity contribution in [2.45, 2.75) is 27.7 Å². The van der Waals surface area contributed by atoms with Crippen LogP contribution >= 0.6 is 0 Å². The average molecular weight is 166 g/mol. The summed E-state index contributed by atoms with van der Waals surface area (Å²) >= 11 is 0. The smallest absolute Gasteiger partial charge is 0.139 e. The molecule has 0 N–H and O–H groups in total. The first-order valence-electron chi connectivity index (χ1n) is 4.76. The Bertz CT molecular complexity index is 185. The summed E-state index contributed by atoms with van der Waals surface area (Å²) in [4.78, 5) is 11.7. The summed E-state index contributed by atoms with van der Waals surface area (Å²) in [5, 5.41) is 0. The van der Waals surface area contributed by atoms with E-state index in [1.165, 1.54) is 0 Å². The lowest BCUT2D eigenvalue weighted by atomic mass is 9.85. The summed E-state index contributed by atoms with van der Waals surface area (Å²) < 4.78 is 0. The van der Waals surface area contributed by atoms with E-state index in [-0.39, 0.29) is 11.8 Å². The summed E-state index contributed by atoms with van der Waals surface area (Å²) in [5.74, 6) is 1.62. The Morgan fingerprint density at radius 2 is 1.25 bits per heavy atom. The van der Waals surface area contributed by atoms with E-state index in [9.17, 15) is 4.79 Å². The fraction of sp³-hybridized carbons (Fsp3) is 0.727. The molecule has 1 heteroatoms. The summed E-state index contributed by atoms with van der Waals surface area (Å²) in [6.07, 6.45) is 4.35. The molecule has 1 rings (SSSR count). The maximum Gasteiger partial charge on any atom is 0.139 e. The molecule has 0 saturated carbocycles. The van der Waals surface area contributed by atoms with Gasteiger partial charge in [0.05, 0.1) is 0 Å². The quantitative estimate of drug-likeness (QED) is 0.506. The maximum atomic E-state index is 11.7. The third kappa shape index (κ3) is 1.60. The molecule has 0 spiro atoms. The molecule has 0 aromatic rings. The molecular formula is C11H18O. The van der Waals surface area contributed by atoms with Crippen LogP contribution in [0.4, 0.5) is 0 Å². The molecule has 0 saturated heterocycles. The van der Waals surface area contributed by atoms with E-state index in [1.807, 2.05) is 13.8 Å². The topological polar surface area (TPSA) is 17.1 Å². The van der Waals surface area contributed by atoms with Crippen molar-refractivity contribution in [3.63, 3.8) is 0 Å². The van der Waals surface area contributed by atoms with E-state index in [1.54, 1.807) is 0 Å². The fourth-order valence-corrected chi connectivity index (χ4v) is 1.62. The van der Waals surface area contributed by atoms with Crippen LogP contribution in [0.15, 0.2) is 12.2 Å². The molecule has 1 nitrogen and oxygen atoms in total. The Morgan fingerprint density at radius 1 is 0.917 bits per heavy atom. The van der Waals surface area contributed by atoms with Gasteiger partial charge >= 0.3 is 0 Å². The van der Waals surface area contributed by atoms with E-state index in [2.05, 4.69) is 26.0 Å². The van der Waals surface area contributed by atoms with Crippen molar-refractivity contribution >= 4 is 5.78 Å². The van der Waals surface area contributed by atoms with Gasteiger partial charge in [0, 0.05) is 11.8 Å². The van der Waals surface area contributed by atoms with Gasteiger partial charge in [0.15, 0.2) is 0 Å². The van der Waals surface area contributed by atoms with E-state index >= 15 is 0 Å². The van der Waals surface area contributed by atoms with Gasteiger partial charge in [0.25, 0.3) is 0 Å². The summed E-state index contributed by atoms with van der Waals surface area (Å²) in [7, 11) is 0. The first-order chi connectivity index (χ1) is 5.54. The highest BCUT2D eigenvalue weighted by atomic mass is 16.1. The number of rotatable bonds is 0. The van der Waals surface area contributed by atoms with Gasteiger partial charge in [0.1, 0.15) is 5.78 Å². The number of allylic oxidation sites excluding steroid dienone is 2. The molecule has 68 valence electrons. The van der Waals surface area contributed by atoms with Gasteiger partial charge < -0.3 is 0 Å². The van der Waals surface area contributed by atoms with Crippen LogP contribution in [0.1, 0.15) is 27.7 Å². The lowest BCUT2D eigenvalue weighted by Gasteiger charge is -2.18. The van der Waals surface area contributed by atoms with E-state index < -0.39 is 0 Å². The normalized spacial score (nSPS) is 42.8. The molecule has 4 atom stereocenters. The fourth-order valence-electron chi connectivity index (χ4n) is 1.62. The van der Waals surface area contributed by atoms with Crippen LogP contribution in [0, 0.1) is 23.7 Å². The lowest BCUT2D eigenvalue weighted by molar-refractivity contribution is -0.127. The monoisotopic (exact) mass is 166 g/mol. The van der Waals surface area contributed by atoms with Gasteiger partial charge in [0.2, 0.25) is 0 Å². The third-order valence-electron chi connectivity index (χ3n) is 3.19. The second kappa shape index (κ2) is 3.42. The molecule has 0 aliphatic heterocycles. The van der Waals surface area contributed by atoms with Crippen LogP contribution in [-0.4, -0.2) is 5.78 Å². The largest absolute Gasteiger partial charge is 0.299 e. The minimum Gasteiger partial charge on any atom is -0.299 e. The number of hydrogen-bond donors (Lipinski definition) is 0. The first-order valence-corrected chi connectivity index (χ1v) is 4.76. The van der Waals surface area contributed by atoms with E-state index in [4.69, 9.17) is 0 Å². The van der Waals surface area contributed by atoms with Gasteiger partial charge in [-0.1, -0.05) is 39.8 Å². The summed E-state index contributed by atoms with van der Waals surface area (Å²) in [6.45, 7) is 8.30. The van der Waals surface area contributed by atoms with Crippen molar-refractivity contribution in [1.82, 2.24) is 0 Å². The molecule has 1 aliphatic rings. The maximum absolute atomic E-state index is 11.7. The molecular weight excluding hydrogens is 148 g/mol. The molecule has 0 bridgehead atoms. The third-order valence-corrected chi connectivity index (χ3v) is 3.19. The summed E-state index contributed by atoms with van der Waals surface area (Å²) in [5.41, 5.74) is 0. The van der Waals surface area contributed by atoms with Gasteiger partial charge in [-0.3, -0.25) is 4.79 Å². The van der Waals surface area contributed by atoms with E-state index in [0.717, 1.165) is 0 Å². The minimum absolute atomic E-state index is 0.196. The van der Waals surface area contributed by atoms with Crippen molar-refractivity contribution in [3.05, 3.63) is 12.2 Å². The van der Waals surface area contributed by atoms with Crippen LogP contribution < -0.4 is 0 Å². The Hall–Kier alpha value is -0.590. The van der Waals surface area contributed by atoms with Crippen molar-refractivity contribution in [1.29, 1.82) is 0 Å². The first kappa shape index (κ1) is 9.50. The van der Waals surface area contributed by atoms with Crippen LogP contribution in [0.3, 0.4) is 0 Å². The second-order valence-corrected chi connectivity index (χ2v) is 4.08. The van der Waals surface area contributed by atoms with Crippen LogP contribution in [0.25, 0.3) is 0 Å². The van der Waals surface area contributed by atoms with Gasteiger partial charge in [-0.05, 0) is 11.8 Å². The SMILES string of the molecule is C[C@@H]1C=C[C@H](C)[C@@H](C)C(=O)[C@H]1C. The highest BCUT2D eigenvalue weighted by molar-refractivity contribution is 5.84. The Morgan fingerprint density at radius 3 is 1.58 bits per heavy atom. The molecule has 0 aromatic carbocycles. The lowest BCUT2D eigenvalue weighted by Crippen LogP contribution is -2.24. The summed E-state index contributed by atoms with van der Waals surface area (Å²) in [6, 6.07) is 0. The van der Waals surface area contributed by atoms with Crippen molar-refractivity contribution in [3.8, 4) is 0 Å². The molecule has 0 heterocycles. The highest BCUT2D eigenvalue weighted by Gasteiger charge is 2.28. The predicted molar refractivity (Wildman–Crippen MR) is 50.8 cm³/mol. The molecule has 12 heavy (non-hydrogen) atoms. The van der Waals surface area contributed by atoms with E-state index in [0.29, 0.717) is 17.6 Å². The Kier molecular flexibility index (Phi) is 2.71. The van der Waals surface area contributed by atoms with Crippen molar-refractivity contribution in [2.24, 2.45) is 23.7 Å². The number of hydrogen-bond acceptors (Lipinski definition) is 1. The number of carbonyl (C=O) groups excluding carboxylic acids is 1. The zero-order chi connectivity index (χ0) is 9.30. The molecule has 0 aromatic heterocycles. The zero-order valence-electron chi connectivity index (χ0n) is 8.37. The highest BCUT2D eigenvalue weighted by Crippen LogP contribution is 2.27. The number of ketones is 1. The second-order valence-electron chi connectivity index (χ2n) is 4.08.